The minimum Gasteiger partial charge on any atom is -0.393 e. The maximum absolute atomic E-state index is 12.4. The van der Waals surface area contributed by atoms with E-state index < -0.39 is 0 Å². The SMILES string of the molecule is C/C(=N\NC(=O)c1cccnc1)[C@H]1CC[C@H]2[C@@H]3CC[C@H]4C[C@@H](O)CC[C@]4(C)[C@H]3CC[C@]12C. The molecule has 4 aliphatic carbocycles. The Morgan fingerprint density at radius 2 is 1.88 bits per heavy atom. The van der Waals surface area contributed by atoms with E-state index in [0.717, 1.165) is 36.3 Å². The highest BCUT2D eigenvalue weighted by Gasteiger charge is 2.60. The number of carbonyl (C=O) groups is 1. The van der Waals surface area contributed by atoms with E-state index in [9.17, 15) is 9.90 Å². The second kappa shape index (κ2) is 8.23. The maximum Gasteiger partial charge on any atom is 0.272 e. The number of hydrazone groups is 1. The van der Waals surface area contributed by atoms with Gasteiger partial charge in [0.2, 0.25) is 0 Å². The number of pyridine rings is 1. The number of hydrogen-bond acceptors (Lipinski definition) is 4. The van der Waals surface area contributed by atoms with Gasteiger partial charge in [-0.2, -0.15) is 5.10 Å². The van der Waals surface area contributed by atoms with Gasteiger partial charge in [0.05, 0.1) is 11.7 Å². The monoisotopic (exact) mass is 437 g/mol. The fraction of sp³-hybridized carbons (Fsp3) is 0.741. The number of aliphatic hydroxyl groups is 1. The van der Waals surface area contributed by atoms with Crippen LogP contribution in [0.3, 0.4) is 0 Å². The summed E-state index contributed by atoms with van der Waals surface area (Å²) in [5.74, 6) is 3.35. The van der Waals surface area contributed by atoms with Crippen molar-refractivity contribution in [2.45, 2.75) is 84.7 Å². The lowest BCUT2D eigenvalue weighted by Gasteiger charge is -2.61. The summed E-state index contributed by atoms with van der Waals surface area (Å²) in [6, 6.07) is 3.54. The zero-order chi connectivity index (χ0) is 22.5. The molecule has 1 amide bonds. The van der Waals surface area contributed by atoms with E-state index in [-0.39, 0.29) is 17.4 Å². The van der Waals surface area contributed by atoms with Crippen LogP contribution >= 0.6 is 0 Å². The summed E-state index contributed by atoms with van der Waals surface area (Å²) in [5.41, 5.74) is 5.10. The Morgan fingerprint density at radius 3 is 2.66 bits per heavy atom. The number of nitrogens with zero attached hydrogens (tertiary/aromatic N) is 2. The molecule has 0 aliphatic heterocycles. The zero-order valence-electron chi connectivity index (χ0n) is 19.9. The first kappa shape index (κ1) is 22.1. The average molecular weight is 438 g/mol. The van der Waals surface area contributed by atoms with Gasteiger partial charge in [0.15, 0.2) is 0 Å². The Labute approximate surface area is 192 Å². The smallest absolute Gasteiger partial charge is 0.272 e. The van der Waals surface area contributed by atoms with Crippen molar-refractivity contribution in [3.05, 3.63) is 30.1 Å². The van der Waals surface area contributed by atoms with Crippen LogP contribution in [0.4, 0.5) is 0 Å². The normalized spacial score (nSPS) is 43.7. The minimum atomic E-state index is -0.188. The quantitative estimate of drug-likeness (QED) is 0.504. The Hall–Kier alpha value is -1.75. The van der Waals surface area contributed by atoms with E-state index in [1.165, 1.54) is 44.9 Å². The molecule has 4 fully saturated rings. The second-order valence-corrected chi connectivity index (χ2v) is 11.7. The van der Waals surface area contributed by atoms with Gasteiger partial charge in [0.25, 0.3) is 5.91 Å². The van der Waals surface area contributed by atoms with Crippen LogP contribution in [0, 0.1) is 40.4 Å². The van der Waals surface area contributed by atoms with E-state index in [2.05, 4.69) is 36.3 Å². The lowest BCUT2D eigenvalue weighted by Crippen LogP contribution is -2.54. The molecular weight excluding hydrogens is 398 g/mol. The fourth-order valence-corrected chi connectivity index (χ4v) is 8.70. The van der Waals surface area contributed by atoms with Crippen molar-refractivity contribution in [3.8, 4) is 0 Å². The van der Waals surface area contributed by atoms with E-state index in [4.69, 9.17) is 0 Å². The number of aliphatic hydroxyl groups excluding tert-OH is 1. The lowest BCUT2D eigenvalue weighted by molar-refractivity contribution is -0.123. The highest BCUT2D eigenvalue weighted by atomic mass is 16.3. The molecule has 0 aromatic carbocycles. The Morgan fingerprint density at radius 1 is 1.09 bits per heavy atom. The van der Waals surface area contributed by atoms with Crippen molar-refractivity contribution in [3.63, 3.8) is 0 Å². The Balaban J connectivity index is 1.31. The van der Waals surface area contributed by atoms with Crippen LogP contribution in [0.25, 0.3) is 0 Å². The molecule has 32 heavy (non-hydrogen) atoms. The van der Waals surface area contributed by atoms with Crippen molar-refractivity contribution in [1.82, 2.24) is 10.4 Å². The molecule has 0 unspecified atom stereocenters. The molecule has 4 saturated carbocycles. The number of fused-ring (bicyclic) bond motifs is 5. The molecule has 1 heterocycles. The highest BCUT2D eigenvalue weighted by Crippen LogP contribution is 2.67. The Kier molecular flexibility index (Phi) is 5.68. The van der Waals surface area contributed by atoms with Crippen LogP contribution in [-0.2, 0) is 0 Å². The van der Waals surface area contributed by atoms with Gasteiger partial charge in [-0.15, -0.1) is 0 Å². The summed E-state index contributed by atoms with van der Waals surface area (Å²) in [7, 11) is 0. The molecule has 0 radical (unpaired) electrons. The predicted octanol–water partition coefficient (Wildman–Crippen LogP) is 5.21. The molecule has 5 nitrogen and oxygen atoms in total. The molecule has 0 bridgehead atoms. The van der Waals surface area contributed by atoms with Crippen molar-refractivity contribution in [2.24, 2.45) is 45.5 Å². The molecule has 2 N–H and O–H groups in total. The number of aromatic nitrogens is 1. The van der Waals surface area contributed by atoms with Gasteiger partial charge < -0.3 is 5.11 Å². The van der Waals surface area contributed by atoms with E-state index >= 15 is 0 Å². The molecule has 0 saturated heterocycles. The van der Waals surface area contributed by atoms with Gasteiger partial charge in [-0.05, 0) is 111 Å². The van der Waals surface area contributed by atoms with Crippen LogP contribution < -0.4 is 5.43 Å². The third kappa shape index (κ3) is 3.52. The number of carbonyl (C=O) groups excluding carboxylic acids is 1. The van der Waals surface area contributed by atoms with Crippen LogP contribution in [-0.4, -0.2) is 27.8 Å². The van der Waals surface area contributed by atoms with Crippen molar-refractivity contribution < 1.29 is 9.90 Å². The van der Waals surface area contributed by atoms with Crippen LogP contribution in [0.15, 0.2) is 29.6 Å². The third-order valence-electron chi connectivity index (χ3n) is 10.4. The first-order valence-corrected chi connectivity index (χ1v) is 12.8. The first-order valence-electron chi connectivity index (χ1n) is 12.8. The number of amides is 1. The summed E-state index contributed by atoms with van der Waals surface area (Å²) in [6.07, 6.45) is 14.1. The zero-order valence-corrected chi connectivity index (χ0v) is 19.9. The molecule has 0 spiro atoms. The molecule has 5 heteroatoms. The maximum atomic E-state index is 12.4. The molecule has 1 aromatic rings. The summed E-state index contributed by atoms with van der Waals surface area (Å²) in [4.78, 5) is 16.5. The molecule has 174 valence electrons. The van der Waals surface area contributed by atoms with E-state index in [0.29, 0.717) is 22.8 Å². The Bertz CT molecular complexity index is 886. The van der Waals surface area contributed by atoms with Crippen LogP contribution in [0.5, 0.6) is 0 Å². The minimum absolute atomic E-state index is 0.0740. The van der Waals surface area contributed by atoms with Gasteiger partial charge in [0.1, 0.15) is 0 Å². The van der Waals surface area contributed by atoms with Gasteiger partial charge in [0, 0.05) is 24.0 Å². The topological polar surface area (TPSA) is 74.6 Å². The fourth-order valence-electron chi connectivity index (χ4n) is 8.70. The van der Waals surface area contributed by atoms with Crippen molar-refractivity contribution in [2.75, 3.05) is 0 Å². The number of nitrogens with one attached hydrogen (secondary N) is 1. The summed E-state index contributed by atoms with van der Waals surface area (Å²) in [5, 5.41) is 14.8. The average Bonchev–Trinajstić information content (AvgIpc) is 3.15. The molecule has 4 aliphatic rings. The molecule has 5 rings (SSSR count). The highest BCUT2D eigenvalue weighted by molar-refractivity contribution is 5.95. The standard InChI is InChI=1S/C27H39N3O2/c1-17(29-30-25(32)18-5-4-14-28-16-18)22-8-9-23-21-7-6-19-15-20(31)10-12-26(19,2)24(21)11-13-27(22,23)3/h4-5,14,16,19-24,31H,6-13,15H2,1-3H3,(H,30,32)/b29-17+/t19-,20-,21-,22+,23-,24-,26-,27+/m0/s1. The summed E-state index contributed by atoms with van der Waals surface area (Å²) in [6.45, 7) is 7.16. The second-order valence-electron chi connectivity index (χ2n) is 11.7. The molecule has 8 atom stereocenters. The number of hydrogen-bond donors (Lipinski definition) is 2. The lowest BCUT2D eigenvalue weighted by atomic mass is 9.44. The van der Waals surface area contributed by atoms with Crippen molar-refractivity contribution in [1.29, 1.82) is 0 Å². The van der Waals surface area contributed by atoms with Crippen LogP contribution in [0.1, 0.15) is 88.9 Å². The van der Waals surface area contributed by atoms with E-state index in [1.54, 1.807) is 24.5 Å². The van der Waals surface area contributed by atoms with Gasteiger partial charge in [-0.25, -0.2) is 5.43 Å². The van der Waals surface area contributed by atoms with Crippen molar-refractivity contribution >= 4 is 11.6 Å². The first-order chi connectivity index (χ1) is 15.3. The van der Waals surface area contributed by atoms with Gasteiger partial charge in [-0.1, -0.05) is 13.8 Å². The molecule has 1 aromatic heterocycles. The van der Waals surface area contributed by atoms with Gasteiger partial charge >= 0.3 is 0 Å². The van der Waals surface area contributed by atoms with E-state index in [1.807, 2.05) is 0 Å². The third-order valence-corrected chi connectivity index (χ3v) is 10.4. The summed E-state index contributed by atoms with van der Waals surface area (Å²) < 4.78 is 0. The largest absolute Gasteiger partial charge is 0.393 e. The van der Waals surface area contributed by atoms with Crippen LogP contribution in [0.2, 0.25) is 0 Å². The predicted molar refractivity (Wildman–Crippen MR) is 126 cm³/mol. The summed E-state index contributed by atoms with van der Waals surface area (Å²) >= 11 is 0. The number of rotatable bonds is 3. The molecular formula is C27H39N3O2. The van der Waals surface area contributed by atoms with Gasteiger partial charge in [-0.3, -0.25) is 9.78 Å².